The fraction of sp³-hybridized carbons (Fsp3) is 0.308. The van der Waals surface area contributed by atoms with Gasteiger partial charge in [-0.25, -0.2) is 25.3 Å². The quantitative estimate of drug-likeness (QED) is 0.372. The van der Waals surface area contributed by atoms with Crippen LogP contribution in [0.1, 0.15) is 11.1 Å². The summed E-state index contributed by atoms with van der Waals surface area (Å²) in [5, 5.41) is 10.6. The molecule has 0 radical (unpaired) electrons. The average molecular weight is 611 g/mol. The largest absolute Gasteiger partial charge is 0.495 e. The molecule has 0 aliphatic carbocycles. The van der Waals surface area contributed by atoms with Gasteiger partial charge in [-0.1, -0.05) is 12.1 Å². The SMILES string of the molecule is COc1ccc(C)cc1S(=O)(=O)Nc1ccc(N([C@H]2CS(=O)(=O)C[C@@H]2O)S(=O)(=O)c2cc(C)ccc2OC)cc1. The van der Waals surface area contributed by atoms with Crippen LogP contribution in [-0.4, -0.2) is 68.2 Å². The van der Waals surface area contributed by atoms with Crippen molar-refractivity contribution in [1.82, 2.24) is 0 Å². The van der Waals surface area contributed by atoms with E-state index in [1.807, 2.05) is 0 Å². The van der Waals surface area contributed by atoms with Crippen molar-refractivity contribution in [2.24, 2.45) is 0 Å². The molecule has 4 rings (SSSR count). The lowest BCUT2D eigenvalue weighted by atomic mass is 10.2. The number of ether oxygens (including phenoxy) is 2. The molecule has 1 saturated heterocycles. The second-order valence-electron chi connectivity index (χ2n) is 9.47. The maximum absolute atomic E-state index is 14.0. The molecule has 40 heavy (non-hydrogen) atoms. The van der Waals surface area contributed by atoms with Crippen LogP contribution < -0.4 is 18.5 Å². The van der Waals surface area contributed by atoms with Gasteiger partial charge in [-0.2, -0.15) is 0 Å². The maximum Gasteiger partial charge on any atom is 0.268 e. The van der Waals surface area contributed by atoms with Crippen LogP contribution in [0.25, 0.3) is 0 Å². The fourth-order valence-electron chi connectivity index (χ4n) is 4.51. The summed E-state index contributed by atoms with van der Waals surface area (Å²) in [5.41, 5.74) is 1.47. The molecule has 3 aromatic rings. The maximum atomic E-state index is 14.0. The topological polar surface area (TPSA) is 156 Å². The molecule has 1 fully saturated rings. The number of rotatable bonds is 9. The van der Waals surface area contributed by atoms with Crippen molar-refractivity contribution in [2.75, 3.05) is 34.8 Å². The molecule has 1 aliphatic heterocycles. The highest BCUT2D eigenvalue weighted by molar-refractivity contribution is 7.93. The minimum absolute atomic E-state index is 0.0285. The summed E-state index contributed by atoms with van der Waals surface area (Å²) in [6, 6.07) is 13.3. The van der Waals surface area contributed by atoms with Gasteiger partial charge in [-0.3, -0.25) is 9.03 Å². The zero-order chi connectivity index (χ0) is 29.5. The zero-order valence-corrected chi connectivity index (χ0v) is 24.7. The van der Waals surface area contributed by atoms with Crippen molar-refractivity contribution >= 4 is 41.3 Å². The van der Waals surface area contributed by atoms with Gasteiger partial charge in [0.25, 0.3) is 20.0 Å². The lowest BCUT2D eigenvalue weighted by Gasteiger charge is -2.32. The molecule has 0 aromatic heterocycles. The molecule has 0 bridgehead atoms. The molecule has 11 nitrogen and oxygen atoms in total. The number of aryl methyl sites for hydroxylation is 2. The van der Waals surface area contributed by atoms with Crippen molar-refractivity contribution in [3.63, 3.8) is 0 Å². The first-order chi connectivity index (χ1) is 18.7. The van der Waals surface area contributed by atoms with Crippen LogP contribution in [0.15, 0.2) is 70.5 Å². The number of benzene rings is 3. The summed E-state index contributed by atoms with van der Waals surface area (Å²) in [5.74, 6) is -0.994. The summed E-state index contributed by atoms with van der Waals surface area (Å²) in [7, 11) is -9.60. The number of aliphatic hydroxyl groups is 1. The lowest BCUT2D eigenvalue weighted by Crippen LogP contribution is -2.47. The minimum atomic E-state index is -4.46. The number of hydrogen-bond acceptors (Lipinski definition) is 9. The molecule has 0 amide bonds. The molecular formula is C26H30N2O9S3. The first-order valence-corrected chi connectivity index (χ1v) is 16.8. The molecule has 216 valence electrons. The molecule has 0 unspecified atom stereocenters. The Morgan fingerprint density at radius 3 is 1.85 bits per heavy atom. The van der Waals surface area contributed by atoms with Crippen LogP contribution in [0.3, 0.4) is 0 Å². The lowest BCUT2D eigenvalue weighted by molar-refractivity contribution is 0.184. The van der Waals surface area contributed by atoms with Gasteiger partial charge in [0, 0.05) is 5.69 Å². The van der Waals surface area contributed by atoms with E-state index >= 15 is 0 Å². The van der Waals surface area contributed by atoms with Gasteiger partial charge in [-0.15, -0.1) is 0 Å². The number of anilines is 2. The summed E-state index contributed by atoms with van der Waals surface area (Å²) in [4.78, 5) is -0.281. The highest BCUT2D eigenvalue weighted by Crippen LogP contribution is 2.36. The van der Waals surface area contributed by atoms with Gasteiger partial charge >= 0.3 is 0 Å². The molecule has 2 atom stereocenters. The van der Waals surface area contributed by atoms with Gasteiger partial charge in [0.1, 0.15) is 21.3 Å². The van der Waals surface area contributed by atoms with E-state index in [4.69, 9.17) is 9.47 Å². The smallest absolute Gasteiger partial charge is 0.268 e. The number of methoxy groups -OCH3 is 2. The van der Waals surface area contributed by atoms with Gasteiger partial charge in [0.15, 0.2) is 9.84 Å². The van der Waals surface area contributed by atoms with Gasteiger partial charge < -0.3 is 14.6 Å². The Morgan fingerprint density at radius 1 is 0.825 bits per heavy atom. The van der Waals surface area contributed by atoms with Crippen molar-refractivity contribution < 1.29 is 39.8 Å². The second-order valence-corrected chi connectivity index (χ2v) is 15.1. The molecule has 14 heteroatoms. The highest BCUT2D eigenvalue weighted by atomic mass is 32.2. The second kappa shape index (κ2) is 10.9. The number of sulfonamides is 2. The van der Waals surface area contributed by atoms with Gasteiger partial charge in [0.05, 0.1) is 43.6 Å². The van der Waals surface area contributed by atoms with E-state index in [1.165, 1.54) is 62.8 Å². The standard InChI is InChI=1S/C26H30N2O9S3/c1-17-5-11-23(36-3)25(13-17)39(32,33)27-19-7-9-20(10-8-19)28(21-15-38(30,31)16-22(21)29)40(34,35)26-14-18(2)6-12-24(26)37-4/h5-14,21-22,27,29H,15-16H2,1-4H3/t21-,22-/m0/s1. The van der Waals surface area contributed by atoms with Gasteiger partial charge in [-0.05, 0) is 73.5 Å². The molecule has 3 aromatic carbocycles. The average Bonchev–Trinajstić information content (AvgIpc) is 3.16. The third-order valence-corrected chi connectivity index (χ3v) is 11.4. The molecule has 1 heterocycles. The predicted molar refractivity (Wildman–Crippen MR) is 151 cm³/mol. The van der Waals surface area contributed by atoms with E-state index < -0.39 is 53.5 Å². The van der Waals surface area contributed by atoms with Crippen LogP contribution >= 0.6 is 0 Å². The first-order valence-electron chi connectivity index (χ1n) is 12.0. The predicted octanol–water partition coefficient (Wildman–Crippen LogP) is 2.47. The van der Waals surface area contributed by atoms with Crippen LogP contribution in [0.2, 0.25) is 0 Å². The third-order valence-electron chi connectivity index (χ3n) is 6.43. The number of aliphatic hydroxyl groups excluding tert-OH is 1. The van der Waals surface area contributed by atoms with Crippen molar-refractivity contribution in [1.29, 1.82) is 0 Å². The number of nitrogens with zero attached hydrogens (tertiary/aromatic N) is 1. The molecular weight excluding hydrogens is 580 g/mol. The van der Waals surface area contributed by atoms with E-state index in [0.717, 1.165) is 4.31 Å². The molecule has 0 spiro atoms. The summed E-state index contributed by atoms with van der Waals surface area (Å²) < 4.78 is 92.8. The highest BCUT2D eigenvalue weighted by Gasteiger charge is 2.45. The third kappa shape index (κ3) is 5.89. The Morgan fingerprint density at radius 2 is 1.35 bits per heavy atom. The Balaban J connectivity index is 1.77. The Hall–Kier alpha value is -3.33. The summed E-state index contributed by atoms with van der Waals surface area (Å²) >= 11 is 0. The molecule has 1 aliphatic rings. The number of sulfone groups is 1. The Bertz CT molecular complexity index is 1740. The first kappa shape index (κ1) is 29.6. The molecule has 2 N–H and O–H groups in total. The van der Waals surface area contributed by atoms with E-state index in [2.05, 4.69) is 4.72 Å². The fourth-order valence-corrected chi connectivity index (χ4v) is 9.62. The number of hydrogen-bond donors (Lipinski definition) is 2. The van der Waals surface area contributed by atoms with E-state index in [9.17, 15) is 30.4 Å². The van der Waals surface area contributed by atoms with Crippen molar-refractivity contribution in [2.45, 2.75) is 35.8 Å². The monoisotopic (exact) mass is 610 g/mol. The Kier molecular flexibility index (Phi) is 8.09. The van der Waals surface area contributed by atoms with E-state index in [1.54, 1.807) is 26.0 Å². The van der Waals surface area contributed by atoms with Crippen LogP contribution in [0.4, 0.5) is 11.4 Å². The van der Waals surface area contributed by atoms with Crippen molar-refractivity contribution in [3.05, 3.63) is 71.8 Å². The summed E-state index contributed by atoms with van der Waals surface area (Å²) in [6.07, 6.45) is -1.48. The van der Waals surface area contributed by atoms with E-state index in [-0.39, 0.29) is 32.7 Å². The zero-order valence-electron chi connectivity index (χ0n) is 22.2. The van der Waals surface area contributed by atoms with Gasteiger partial charge in [0.2, 0.25) is 0 Å². The van der Waals surface area contributed by atoms with E-state index in [0.29, 0.717) is 11.1 Å². The van der Waals surface area contributed by atoms with Crippen molar-refractivity contribution in [3.8, 4) is 11.5 Å². The number of nitrogens with one attached hydrogen (secondary N) is 1. The normalized spacial score (nSPS) is 18.7. The van der Waals surface area contributed by atoms with Crippen LogP contribution in [0, 0.1) is 13.8 Å². The van der Waals surface area contributed by atoms with Crippen LogP contribution in [0.5, 0.6) is 11.5 Å². The molecule has 0 saturated carbocycles. The summed E-state index contributed by atoms with van der Waals surface area (Å²) in [6.45, 7) is 3.44. The van der Waals surface area contributed by atoms with Crippen LogP contribution in [-0.2, 0) is 29.9 Å². The minimum Gasteiger partial charge on any atom is -0.495 e. The Labute approximate surface area is 234 Å².